The number of nitrogens with one attached hydrogen (secondary N) is 1. The fourth-order valence-electron chi connectivity index (χ4n) is 4.58. The molecule has 0 radical (unpaired) electrons. The van der Waals surface area contributed by atoms with E-state index in [9.17, 15) is 4.79 Å². The van der Waals surface area contributed by atoms with Crippen LogP contribution in [0, 0.1) is 0 Å². The molecule has 3 aliphatic heterocycles. The van der Waals surface area contributed by atoms with Crippen molar-refractivity contribution >= 4 is 28.5 Å². The van der Waals surface area contributed by atoms with Gasteiger partial charge in [-0.1, -0.05) is 11.6 Å². The van der Waals surface area contributed by atoms with E-state index in [-0.39, 0.29) is 18.1 Å². The van der Waals surface area contributed by atoms with Gasteiger partial charge in [-0.3, -0.25) is 4.79 Å². The van der Waals surface area contributed by atoms with Gasteiger partial charge >= 0.3 is 0 Å². The number of pyridine rings is 1. The topological polar surface area (TPSA) is 59.4 Å². The van der Waals surface area contributed by atoms with E-state index in [2.05, 4.69) is 25.8 Å². The molecule has 0 bridgehead atoms. The second kappa shape index (κ2) is 7.08. The monoisotopic (exact) mass is 388 g/mol. The van der Waals surface area contributed by atoms with Crippen LogP contribution >= 0.6 is 11.6 Å². The van der Waals surface area contributed by atoms with Gasteiger partial charge in [-0.25, -0.2) is 4.98 Å². The van der Waals surface area contributed by atoms with Crippen LogP contribution in [0.1, 0.15) is 31.4 Å². The van der Waals surface area contributed by atoms with E-state index in [4.69, 9.17) is 16.3 Å². The summed E-state index contributed by atoms with van der Waals surface area (Å²) in [4.78, 5) is 19.6. The molecule has 144 valence electrons. The number of amides is 1. The van der Waals surface area contributed by atoms with Crippen molar-refractivity contribution in [1.82, 2.24) is 19.8 Å². The van der Waals surface area contributed by atoms with Crippen molar-refractivity contribution < 1.29 is 9.53 Å². The number of likely N-dealkylation sites (tertiary alicyclic amines) is 1. The number of ether oxygens (including phenoxy) is 1. The zero-order valence-electron chi connectivity index (χ0n) is 15.4. The Morgan fingerprint density at radius 3 is 2.96 bits per heavy atom. The molecule has 0 spiro atoms. The van der Waals surface area contributed by atoms with E-state index in [0.29, 0.717) is 17.7 Å². The quantitative estimate of drug-likeness (QED) is 0.873. The maximum absolute atomic E-state index is 13.0. The van der Waals surface area contributed by atoms with Crippen molar-refractivity contribution in [3.63, 3.8) is 0 Å². The van der Waals surface area contributed by atoms with Crippen molar-refractivity contribution in [1.29, 1.82) is 0 Å². The molecule has 1 N–H and O–H groups in total. The predicted octanol–water partition coefficient (Wildman–Crippen LogP) is 2.37. The summed E-state index contributed by atoms with van der Waals surface area (Å²) in [6, 6.07) is 4.82. The van der Waals surface area contributed by atoms with Crippen molar-refractivity contribution in [2.45, 2.75) is 56.8 Å². The highest BCUT2D eigenvalue weighted by Gasteiger charge is 2.36. The fourth-order valence-corrected chi connectivity index (χ4v) is 4.75. The molecule has 2 fully saturated rings. The van der Waals surface area contributed by atoms with E-state index in [1.807, 2.05) is 6.07 Å². The molecule has 27 heavy (non-hydrogen) atoms. The number of piperidine rings is 1. The maximum Gasteiger partial charge on any atom is 0.251 e. The zero-order chi connectivity index (χ0) is 18.4. The van der Waals surface area contributed by atoms with Crippen LogP contribution in [0.4, 0.5) is 0 Å². The summed E-state index contributed by atoms with van der Waals surface area (Å²) < 4.78 is 8.24. The number of halogens is 1. The van der Waals surface area contributed by atoms with Gasteiger partial charge in [0, 0.05) is 48.9 Å². The molecule has 0 aromatic carbocycles. The van der Waals surface area contributed by atoms with Crippen LogP contribution in [0.15, 0.2) is 18.3 Å². The smallest absolute Gasteiger partial charge is 0.251 e. The van der Waals surface area contributed by atoms with Crippen molar-refractivity contribution in [2.24, 2.45) is 0 Å². The lowest BCUT2D eigenvalue weighted by atomic mass is 9.97. The molecule has 1 amide bonds. The minimum atomic E-state index is -0.269. The Hall–Kier alpha value is -1.63. The molecule has 5 rings (SSSR count). The number of carbonyl (C=O) groups excluding carboxylic acids is 1. The molecule has 3 aliphatic rings. The number of hydrogen-bond donors (Lipinski definition) is 1. The van der Waals surface area contributed by atoms with Gasteiger partial charge in [-0.2, -0.15) is 0 Å². The number of aryl methyl sites for hydroxylation is 1. The lowest BCUT2D eigenvalue weighted by Gasteiger charge is -2.40. The number of carbonyl (C=O) groups is 1. The standard InChI is InChI=1S/C20H25ClN4O2/c21-14-8-13-9-17-10-16(4-7-24(17)19(13)23-11-14)25-6-1-2-18(20(25)26)27-12-15-3-5-22-15/h8-9,11,15-16,18,22H,1-7,10,12H2. The Kier molecular flexibility index (Phi) is 4.58. The van der Waals surface area contributed by atoms with E-state index in [0.717, 1.165) is 62.8 Å². The van der Waals surface area contributed by atoms with E-state index in [1.54, 1.807) is 6.20 Å². The largest absolute Gasteiger partial charge is 0.367 e. The van der Waals surface area contributed by atoms with E-state index in [1.165, 1.54) is 5.69 Å². The van der Waals surface area contributed by atoms with Crippen LogP contribution in [0.2, 0.25) is 5.02 Å². The first kappa shape index (κ1) is 17.5. The van der Waals surface area contributed by atoms with Crippen LogP contribution in [0.25, 0.3) is 11.0 Å². The third kappa shape index (κ3) is 3.24. The van der Waals surface area contributed by atoms with Gasteiger partial charge in [0.15, 0.2) is 0 Å². The second-order valence-corrected chi connectivity index (χ2v) is 8.37. The molecular weight excluding hydrogens is 364 g/mol. The summed E-state index contributed by atoms with van der Waals surface area (Å²) >= 11 is 6.09. The summed E-state index contributed by atoms with van der Waals surface area (Å²) in [5.74, 6) is 0.177. The Morgan fingerprint density at radius 2 is 2.15 bits per heavy atom. The molecule has 0 aliphatic carbocycles. The van der Waals surface area contributed by atoms with Crippen molar-refractivity contribution in [2.75, 3.05) is 19.7 Å². The van der Waals surface area contributed by atoms with Gasteiger partial charge in [0.05, 0.1) is 11.6 Å². The molecule has 3 unspecified atom stereocenters. The molecule has 5 heterocycles. The number of nitrogens with zero attached hydrogens (tertiary/aromatic N) is 3. The van der Waals surface area contributed by atoms with Crippen LogP contribution in [0.3, 0.4) is 0 Å². The molecule has 3 atom stereocenters. The molecule has 2 saturated heterocycles. The van der Waals surface area contributed by atoms with Gasteiger partial charge in [0.2, 0.25) is 0 Å². The third-order valence-corrected chi connectivity index (χ3v) is 6.41. The van der Waals surface area contributed by atoms with Gasteiger partial charge in [-0.15, -0.1) is 0 Å². The van der Waals surface area contributed by atoms with E-state index < -0.39 is 0 Å². The Balaban J connectivity index is 1.30. The van der Waals surface area contributed by atoms with E-state index >= 15 is 0 Å². The summed E-state index contributed by atoms with van der Waals surface area (Å²) in [5, 5.41) is 5.08. The summed E-state index contributed by atoms with van der Waals surface area (Å²) in [7, 11) is 0. The first-order valence-electron chi connectivity index (χ1n) is 9.98. The van der Waals surface area contributed by atoms with Gasteiger partial charge in [0.25, 0.3) is 5.91 Å². The third-order valence-electron chi connectivity index (χ3n) is 6.21. The summed E-state index contributed by atoms with van der Waals surface area (Å²) in [5.41, 5.74) is 2.23. The average Bonchev–Trinajstić information content (AvgIpc) is 2.98. The molecule has 0 saturated carbocycles. The SMILES string of the molecule is O=C1C(OCC2CCN2)CCCN1C1CCn2c(cc3cc(Cl)cnc32)C1. The Labute approximate surface area is 163 Å². The zero-order valence-corrected chi connectivity index (χ0v) is 16.1. The average molecular weight is 389 g/mol. The lowest BCUT2D eigenvalue weighted by molar-refractivity contribution is -0.152. The molecular formula is C20H25ClN4O2. The number of fused-ring (bicyclic) bond motifs is 3. The fraction of sp³-hybridized carbons (Fsp3) is 0.600. The number of hydrogen-bond acceptors (Lipinski definition) is 4. The minimum absolute atomic E-state index is 0.177. The summed E-state index contributed by atoms with van der Waals surface area (Å²) in [6.45, 7) is 3.44. The van der Waals surface area contributed by atoms with Gasteiger partial charge < -0.3 is 19.5 Å². The highest BCUT2D eigenvalue weighted by atomic mass is 35.5. The van der Waals surface area contributed by atoms with Crippen LogP contribution in [-0.4, -0.2) is 58.2 Å². The number of aromatic nitrogens is 2. The molecule has 7 heteroatoms. The maximum atomic E-state index is 13.0. The normalized spacial score (nSPS) is 28.3. The molecule has 2 aromatic heterocycles. The van der Waals surface area contributed by atoms with Gasteiger partial charge in [0.1, 0.15) is 11.8 Å². The highest BCUT2D eigenvalue weighted by molar-refractivity contribution is 6.31. The van der Waals surface area contributed by atoms with Crippen molar-refractivity contribution in [3.05, 3.63) is 29.0 Å². The van der Waals surface area contributed by atoms with Crippen molar-refractivity contribution in [3.8, 4) is 0 Å². The Morgan fingerprint density at radius 1 is 1.26 bits per heavy atom. The lowest BCUT2D eigenvalue weighted by Crippen LogP contribution is -2.53. The Bertz CT molecular complexity index is 863. The first-order valence-corrected chi connectivity index (χ1v) is 10.4. The first-order chi connectivity index (χ1) is 13.2. The van der Waals surface area contributed by atoms with Gasteiger partial charge in [-0.05, 0) is 44.4 Å². The second-order valence-electron chi connectivity index (χ2n) is 7.94. The van der Waals surface area contributed by atoms with Crippen LogP contribution in [-0.2, 0) is 22.5 Å². The predicted molar refractivity (Wildman–Crippen MR) is 104 cm³/mol. The molecule has 6 nitrogen and oxygen atoms in total. The van der Waals surface area contributed by atoms with Crippen LogP contribution in [0.5, 0.6) is 0 Å². The minimum Gasteiger partial charge on any atom is -0.367 e. The highest BCUT2D eigenvalue weighted by Crippen LogP contribution is 2.29. The summed E-state index contributed by atoms with van der Waals surface area (Å²) in [6.07, 6.45) is 6.28. The molecule has 2 aromatic rings. The number of rotatable bonds is 4. The van der Waals surface area contributed by atoms with Crippen LogP contribution < -0.4 is 5.32 Å².